The van der Waals surface area contributed by atoms with E-state index in [9.17, 15) is 18.4 Å². The van der Waals surface area contributed by atoms with Crippen LogP contribution in [0.2, 0.25) is 0 Å². The van der Waals surface area contributed by atoms with Crippen LogP contribution in [0.25, 0.3) is 0 Å². The third kappa shape index (κ3) is 3.59. The number of nitrogens with zero attached hydrogens (tertiary/aromatic N) is 2. The molecule has 0 aromatic rings. The normalized spacial score (nSPS) is 25.9. The van der Waals surface area contributed by atoms with Crippen LogP contribution in [0.3, 0.4) is 0 Å². The molecule has 1 fully saturated rings. The van der Waals surface area contributed by atoms with Crippen LogP contribution in [0.1, 0.15) is 6.42 Å². The zero-order chi connectivity index (χ0) is 16.3. The van der Waals surface area contributed by atoms with Crippen molar-refractivity contribution in [3.05, 3.63) is 23.9 Å². The van der Waals surface area contributed by atoms with Gasteiger partial charge < -0.3 is 20.6 Å². The number of dihydropyridines is 1. The van der Waals surface area contributed by atoms with E-state index >= 15 is 0 Å². The molecule has 0 aromatic heterocycles. The molecule has 2 atom stereocenters. The fourth-order valence-electron chi connectivity index (χ4n) is 2.17. The van der Waals surface area contributed by atoms with Gasteiger partial charge in [-0.2, -0.15) is 5.26 Å². The molecule has 0 spiro atoms. The number of hydrogen-bond acceptors (Lipinski definition) is 5. The standard InChI is InChI=1S/C13H14F2N4O3/c14-13(15)3-9(4-16)19(7-13)11(21)6-18-12(22)8-1-2-10(20)17-5-8/h1-2,5,9-10,17,20H,3,6-7H2,(H,18,22)/t9-,10?/m0/s1. The molecule has 2 heterocycles. The smallest absolute Gasteiger partial charge is 0.268 e. The van der Waals surface area contributed by atoms with Gasteiger partial charge in [-0.25, -0.2) is 8.78 Å². The summed E-state index contributed by atoms with van der Waals surface area (Å²) >= 11 is 0. The predicted octanol–water partition coefficient (Wildman–Crippen LogP) is -0.776. The molecule has 0 aliphatic carbocycles. The van der Waals surface area contributed by atoms with Gasteiger partial charge in [0, 0.05) is 12.6 Å². The maximum Gasteiger partial charge on any atom is 0.268 e. The van der Waals surface area contributed by atoms with Gasteiger partial charge in [0.2, 0.25) is 5.91 Å². The molecule has 2 aliphatic rings. The van der Waals surface area contributed by atoms with E-state index in [1.54, 1.807) is 6.07 Å². The van der Waals surface area contributed by atoms with Gasteiger partial charge >= 0.3 is 0 Å². The van der Waals surface area contributed by atoms with Gasteiger partial charge in [-0.1, -0.05) is 0 Å². The van der Waals surface area contributed by atoms with E-state index in [-0.39, 0.29) is 5.57 Å². The molecule has 1 saturated heterocycles. The second kappa shape index (κ2) is 6.11. The minimum Gasteiger partial charge on any atom is -0.370 e. The molecule has 9 heteroatoms. The van der Waals surface area contributed by atoms with Gasteiger partial charge in [0.1, 0.15) is 12.3 Å². The third-order valence-corrected chi connectivity index (χ3v) is 3.27. The average molecular weight is 312 g/mol. The Balaban J connectivity index is 1.89. The first kappa shape index (κ1) is 15.9. The number of alkyl halides is 2. The lowest BCUT2D eigenvalue weighted by Crippen LogP contribution is -2.43. The lowest BCUT2D eigenvalue weighted by molar-refractivity contribution is -0.133. The largest absolute Gasteiger partial charge is 0.370 e. The topological polar surface area (TPSA) is 105 Å². The number of rotatable bonds is 3. The van der Waals surface area contributed by atoms with E-state index in [4.69, 9.17) is 10.4 Å². The fraction of sp³-hybridized carbons (Fsp3) is 0.462. The van der Waals surface area contributed by atoms with Gasteiger partial charge in [-0.05, 0) is 12.2 Å². The molecule has 0 bridgehead atoms. The molecule has 7 nitrogen and oxygen atoms in total. The van der Waals surface area contributed by atoms with Crippen LogP contribution in [0, 0.1) is 11.3 Å². The molecular formula is C13H14F2N4O3. The summed E-state index contributed by atoms with van der Waals surface area (Å²) in [5, 5.41) is 22.7. The van der Waals surface area contributed by atoms with Crippen molar-refractivity contribution in [2.24, 2.45) is 0 Å². The first-order chi connectivity index (χ1) is 10.3. The van der Waals surface area contributed by atoms with Crippen LogP contribution in [0.15, 0.2) is 23.9 Å². The minimum atomic E-state index is -3.09. The van der Waals surface area contributed by atoms with Crippen molar-refractivity contribution in [1.82, 2.24) is 15.5 Å². The molecule has 0 aromatic carbocycles. The summed E-state index contributed by atoms with van der Waals surface area (Å²) in [5.74, 6) is -4.43. The van der Waals surface area contributed by atoms with Crippen molar-refractivity contribution in [1.29, 1.82) is 5.26 Å². The minimum absolute atomic E-state index is 0.182. The molecule has 118 valence electrons. The van der Waals surface area contributed by atoms with Gasteiger partial charge in [0.25, 0.3) is 11.8 Å². The molecule has 2 aliphatic heterocycles. The molecule has 3 N–H and O–H groups in total. The maximum absolute atomic E-state index is 13.2. The van der Waals surface area contributed by atoms with Gasteiger partial charge in [-0.3, -0.25) is 9.59 Å². The monoisotopic (exact) mass is 312 g/mol. The van der Waals surface area contributed by atoms with E-state index in [0.717, 1.165) is 4.90 Å². The van der Waals surface area contributed by atoms with Crippen LogP contribution >= 0.6 is 0 Å². The molecule has 1 unspecified atom stereocenters. The zero-order valence-corrected chi connectivity index (χ0v) is 11.4. The Morgan fingerprint density at radius 1 is 1.59 bits per heavy atom. The lowest BCUT2D eigenvalue weighted by Gasteiger charge is -2.19. The second-order valence-electron chi connectivity index (χ2n) is 4.98. The van der Waals surface area contributed by atoms with E-state index in [0.29, 0.717) is 0 Å². The van der Waals surface area contributed by atoms with Gasteiger partial charge in [-0.15, -0.1) is 0 Å². The van der Waals surface area contributed by atoms with E-state index < -0.39 is 49.5 Å². The number of hydrogen-bond donors (Lipinski definition) is 3. The Hall–Kier alpha value is -2.47. The molecule has 0 radical (unpaired) electrons. The van der Waals surface area contributed by atoms with Crippen LogP contribution in [0.5, 0.6) is 0 Å². The number of nitriles is 1. The molecule has 0 saturated carbocycles. The summed E-state index contributed by atoms with van der Waals surface area (Å²) < 4.78 is 26.5. The summed E-state index contributed by atoms with van der Waals surface area (Å²) in [4.78, 5) is 24.4. The summed E-state index contributed by atoms with van der Waals surface area (Å²) in [6.07, 6.45) is 2.39. The van der Waals surface area contributed by atoms with Gasteiger partial charge in [0.15, 0.2) is 0 Å². The van der Waals surface area contributed by atoms with Crippen LogP contribution < -0.4 is 10.6 Å². The molecule has 2 rings (SSSR count). The highest BCUT2D eigenvalue weighted by Crippen LogP contribution is 2.31. The summed E-state index contributed by atoms with van der Waals surface area (Å²) in [6, 6.07) is 0.469. The number of nitrogens with one attached hydrogen (secondary N) is 2. The number of aliphatic hydroxyl groups is 1. The number of carbonyl (C=O) groups is 2. The highest BCUT2D eigenvalue weighted by Gasteiger charge is 2.47. The number of halogens is 2. The number of likely N-dealkylation sites (tertiary alicyclic amines) is 1. The summed E-state index contributed by atoms with van der Waals surface area (Å²) in [5.41, 5.74) is 0.182. The third-order valence-electron chi connectivity index (χ3n) is 3.27. The average Bonchev–Trinajstić information content (AvgIpc) is 2.80. The van der Waals surface area contributed by atoms with Crippen LogP contribution in [-0.4, -0.2) is 53.1 Å². The first-order valence-electron chi connectivity index (χ1n) is 6.50. The van der Waals surface area contributed by atoms with Crippen LogP contribution in [-0.2, 0) is 9.59 Å². The Labute approximate surface area is 124 Å². The number of amides is 2. The quantitative estimate of drug-likeness (QED) is 0.634. The van der Waals surface area contributed by atoms with Crippen molar-refractivity contribution >= 4 is 11.8 Å². The highest BCUT2D eigenvalue weighted by atomic mass is 19.3. The number of aliphatic hydroxyl groups excluding tert-OH is 1. The predicted molar refractivity (Wildman–Crippen MR) is 70.1 cm³/mol. The van der Waals surface area contributed by atoms with E-state index in [2.05, 4.69) is 10.6 Å². The van der Waals surface area contributed by atoms with Crippen molar-refractivity contribution in [3.8, 4) is 6.07 Å². The lowest BCUT2D eigenvalue weighted by atomic mass is 10.2. The fourth-order valence-corrected chi connectivity index (χ4v) is 2.17. The Morgan fingerprint density at radius 3 is 2.91 bits per heavy atom. The van der Waals surface area contributed by atoms with Crippen molar-refractivity contribution in [2.45, 2.75) is 24.6 Å². The Bertz CT molecular complexity index is 582. The van der Waals surface area contributed by atoms with E-state index in [1.165, 1.54) is 18.4 Å². The second-order valence-corrected chi connectivity index (χ2v) is 4.98. The van der Waals surface area contributed by atoms with Crippen LogP contribution in [0.4, 0.5) is 8.78 Å². The summed E-state index contributed by atoms with van der Waals surface area (Å²) in [6.45, 7) is -1.31. The first-order valence-corrected chi connectivity index (χ1v) is 6.50. The highest BCUT2D eigenvalue weighted by molar-refractivity contribution is 5.98. The van der Waals surface area contributed by atoms with E-state index in [1.807, 2.05) is 0 Å². The summed E-state index contributed by atoms with van der Waals surface area (Å²) in [7, 11) is 0. The van der Waals surface area contributed by atoms with Crippen molar-refractivity contribution < 1.29 is 23.5 Å². The molecule has 22 heavy (non-hydrogen) atoms. The Kier molecular flexibility index (Phi) is 4.42. The number of carbonyl (C=O) groups excluding carboxylic acids is 2. The van der Waals surface area contributed by atoms with Gasteiger partial charge in [0.05, 0.1) is 24.7 Å². The van der Waals surface area contributed by atoms with Crippen molar-refractivity contribution in [3.63, 3.8) is 0 Å². The SMILES string of the molecule is N#C[C@@H]1CC(F)(F)CN1C(=O)CNC(=O)C1=CNC(O)C=C1. The Morgan fingerprint density at radius 2 is 2.32 bits per heavy atom. The zero-order valence-electron chi connectivity index (χ0n) is 11.4. The molecule has 2 amide bonds. The molecular weight excluding hydrogens is 298 g/mol. The maximum atomic E-state index is 13.2. The van der Waals surface area contributed by atoms with Crippen molar-refractivity contribution in [2.75, 3.05) is 13.1 Å².